The van der Waals surface area contributed by atoms with Crippen LogP contribution in [0.1, 0.15) is 76.0 Å². The number of unbranched alkanes of at least 4 members (excludes halogenated alkanes) is 2. The van der Waals surface area contributed by atoms with Crippen LogP contribution in [0.2, 0.25) is 0 Å². The molecule has 172 valence electrons. The third-order valence-corrected chi connectivity index (χ3v) is 6.16. The van der Waals surface area contributed by atoms with Crippen molar-refractivity contribution in [2.75, 3.05) is 39.8 Å². The fourth-order valence-corrected chi connectivity index (χ4v) is 4.45. The molecule has 1 aromatic heterocycles. The van der Waals surface area contributed by atoms with Crippen LogP contribution < -0.4 is 10.6 Å². The van der Waals surface area contributed by atoms with E-state index in [1.165, 1.54) is 51.4 Å². The number of hydrogen-bond acceptors (Lipinski definition) is 4. The highest BCUT2D eigenvalue weighted by molar-refractivity contribution is 14.0. The molecule has 1 saturated carbocycles. The molecule has 6 nitrogen and oxygen atoms in total. The van der Waals surface area contributed by atoms with Gasteiger partial charge in [-0.25, -0.2) is 0 Å². The number of rotatable bonds is 11. The second kappa shape index (κ2) is 15.1. The molecule has 2 fully saturated rings. The first-order chi connectivity index (χ1) is 14.4. The normalized spacial score (nSPS) is 19.4. The van der Waals surface area contributed by atoms with Crippen molar-refractivity contribution in [3.63, 3.8) is 0 Å². The molecule has 1 atom stereocenters. The number of aliphatic imine (C=N–C) groups is 1. The minimum Gasteiger partial charge on any atom is -0.468 e. The fourth-order valence-electron chi connectivity index (χ4n) is 4.45. The number of nitrogens with one attached hydrogen (secondary N) is 2. The second-order valence-electron chi connectivity index (χ2n) is 8.35. The Morgan fingerprint density at radius 2 is 1.93 bits per heavy atom. The summed E-state index contributed by atoms with van der Waals surface area (Å²) in [6.45, 7) is 4.95. The number of hydrogen-bond donors (Lipinski definition) is 2. The molecular formula is C23H41IN4O2. The maximum Gasteiger partial charge on any atom is 0.191 e. The molecule has 1 aliphatic carbocycles. The van der Waals surface area contributed by atoms with Crippen molar-refractivity contribution in [2.24, 2.45) is 4.99 Å². The van der Waals surface area contributed by atoms with Crippen molar-refractivity contribution in [3.8, 4) is 0 Å². The van der Waals surface area contributed by atoms with E-state index in [9.17, 15) is 0 Å². The molecule has 1 saturated heterocycles. The van der Waals surface area contributed by atoms with Crippen molar-refractivity contribution in [2.45, 2.75) is 76.4 Å². The van der Waals surface area contributed by atoms with E-state index in [0.717, 1.165) is 57.3 Å². The van der Waals surface area contributed by atoms with Crippen LogP contribution in [0, 0.1) is 0 Å². The SMILES string of the molecule is CN=C(NCCCCCOC1CCCCC1)NCC(c1ccco1)N1CCCC1.I. The Morgan fingerprint density at radius 3 is 2.63 bits per heavy atom. The van der Waals surface area contributed by atoms with Crippen LogP contribution in [0.25, 0.3) is 0 Å². The van der Waals surface area contributed by atoms with Crippen LogP contribution in [0.5, 0.6) is 0 Å². The molecule has 1 unspecified atom stereocenters. The standard InChI is InChI=1S/C23H40N4O2.HI/c1-24-23(25-14-6-3-9-17-28-20-11-4-2-5-12-20)26-19-21(22-13-10-18-29-22)27-15-7-8-16-27;/h10,13,18,20-21H,2-9,11-12,14-17,19H2,1H3,(H2,24,25,26);1H. The summed E-state index contributed by atoms with van der Waals surface area (Å²) in [7, 11) is 1.84. The number of guanidine groups is 1. The lowest BCUT2D eigenvalue weighted by atomic mass is 9.98. The molecule has 2 aliphatic rings. The Morgan fingerprint density at radius 1 is 1.13 bits per heavy atom. The maximum absolute atomic E-state index is 6.01. The van der Waals surface area contributed by atoms with E-state index in [-0.39, 0.29) is 30.0 Å². The lowest BCUT2D eigenvalue weighted by molar-refractivity contribution is 0.0264. The topological polar surface area (TPSA) is 62.0 Å². The Hall–Kier alpha value is -0.800. The van der Waals surface area contributed by atoms with E-state index >= 15 is 0 Å². The summed E-state index contributed by atoms with van der Waals surface area (Å²) in [6.07, 6.45) is 14.9. The molecule has 7 heteroatoms. The van der Waals surface area contributed by atoms with Crippen LogP contribution in [0.4, 0.5) is 0 Å². The lowest BCUT2D eigenvalue weighted by Gasteiger charge is -2.26. The van der Waals surface area contributed by atoms with Gasteiger partial charge in [-0.2, -0.15) is 0 Å². The van der Waals surface area contributed by atoms with Gasteiger partial charge in [-0.05, 0) is 70.2 Å². The summed E-state index contributed by atoms with van der Waals surface area (Å²) in [5.74, 6) is 1.91. The molecule has 0 radical (unpaired) electrons. The highest BCUT2D eigenvalue weighted by atomic mass is 127. The van der Waals surface area contributed by atoms with Crippen LogP contribution in [-0.2, 0) is 4.74 Å². The predicted molar refractivity (Wildman–Crippen MR) is 134 cm³/mol. The molecule has 1 aromatic rings. The van der Waals surface area contributed by atoms with Crippen molar-refractivity contribution >= 4 is 29.9 Å². The van der Waals surface area contributed by atoms with Gasteiger partial charge in [0.25, 0.3) is 0 Å². The third-order valence-electron chi connectivity index (χ3n) is 6.16. The van der Waals surface area contributed by atoms with Gasteiger partial charge in [0.05, 0.1) is 18.4 Å². The molecule has 0 aromatic carbocycles. The maximum atomic E-state index is 6.01. The smallest absolute Gasteiger partial charge is 0.191 e. The number of halogens is 1. The molecule has 1 aliphatic heterocycles. The highest BCUT2D eigenvalue weighted by Gasteiger charge is 2.25. The van der Waals surface area contributed by atoms with Gasteiger partial charge in [0, 0.05) is 26.7 Å². The van der Waals surface area contributed by atoms with Gasteiger partial charge in [-0.3, -0.25) is 9.89 Å². The summed E-state index contributed by atoms with van der Waals surface area (Å²) in [6, 6.07) is 4.32. The molecule has 3 rings (SSSR count). The average molecular weight is 533 g/mol. The average Bonchev–Trinajstić information content (AvgIpc) is 3.47. The monoisotopic (exact) mass is 532 g/mol. The van der Waals surface area contributed by atoms with Gasteiger partial charge in [0.1, 0.15) is 5.76 Å². The van der Waals surface area contributed by atoms with Crippen LogP contribution >= 0.6 is 24.0 Å². The van der Waals surface area contributed by atoms with E-state index in [1.807, 2.05) is 13.1 Å². The van der Waals surface area contributed by atoms with Crippen molar-refractivity contribution < 1.29 is 9.15 Å². The van der Waals surface area contributed by atoms with Crippen molar-refractivity contribution in [1.29, 1.82) is 0 Å². The van der Waals surface area contributed by atoms with Gasteiger partial charge < -0.3 is 19.8 Å². The first-order valence-electron chi connectivity index (χ1n) is 11.7. The Labute approximate surface area is 199 Å². The van der Waals surface area contributed by atoms with Gasteiger partial charge in [-0.15, -0.1) is 24.0 Å². The Balaban J connectivity index is 0.00000320. The molecule has 0 bridgehead atoms. The van der Waals surface area contributed by atoms with Gasteiger partial charge >= 0.3 is 0 Å². The van der Waals surface area contributed by atoms with Crippen molar-refractivity contribution in [1.82, 2.24) is 15.5 Å². The van der Waals surface area contributed by atoms with E-state index in [0.29, 0.717) is 6.10 Å². The van der Waals surface area contributed by atoms with E-state index < -0.39 is 0 Å². The van der Waals surface area contributed by atoms with Crippen LogP contribution in [-0.4, -0.2) is 56.8 Å². The minimum atomic E-state index is 0. The molecule has 0 spiro atoms. The van der Waals surface area contributed by atoms with E-state index in [1.54, 1.807) is 6.26 Å². The zero-order valence-corrected chi connectivity index (χ0v) is 20.9. The number of ether oxygens (including phenoxy) is 1. The fraction of sp³-hybridized carbons (Fsp3) is 0.783. The summed E-state index contributed by atoms with van der Waals surface area (Å²) in [4.78, 5) is 6.89. The van der Waals surface area contributed by atoms with Crippen molar-refractivity contribution in [3.05, 3.63) is 24.2 Å². The van der Waals surface area contributed by atoms with Gasteiger partial charge in [-0.1, -0.05) is 19.3 Å². The predicted octanol–water partition coefficient (Wildman–Crippen LogP) is 4.72. The number of likely N-dealkylation sites (tertiary alicyclic amines) is 1. The number of nitrogens with zero attached hydrogens (tertiary/aromatic N) is 2. The van der Waals surface area contributed by atoms with E-state index in [4.69, 9.17) is 9.15 Å². The zero-order chi connectivity index (χ0) is 20.2. The van der Waals surface area contributed by atoms with E-state index in [2.05, 4.69) is 26.6 Å². The minimum absolute atomic E-state index is 0. The lowest BCUT2D eigenvalue weighted by Crippen LogP contribution is -2.42. The number of furan rings is 1. The third kappa shape index (κ3) is 8.75. The second-order valence-corrected chi connectivity index (χ2v) is 8.35. The Kier molecular flexibility index (Phi) is 12.8. The first kappa shape index (κ1) is 25.5. The summed E-state index contributed by atoms with van der Waals surface area (Å²) < 4.78 is 11.7. The summed E-state index contributed by atoms with van der Waals surface area (Å²) >= 11 is 0. The Bertz CT molecular complexity index is 570. The molecule has 2 heterocycles. The summed E-state index contributed by atoms with van der Waals surface area (Å²) in [5.41, 5.74) is 0. The van der Waals surface area contributed by atoms with Gasteiger partial charge in [0.15, 0.2) is 5.96 Å². The van der Waals surface area contributed by atoms with Crippen LogP contribution in [0.15, 0.2) is 27.8 Å². The molecule has 30 heavy (non-hydrogen) atoms. The molecule has 2 N–H and O–H groups in total. The quantitative estimate of drug-likeness (QED) is 0.187. The first-order valence-corrected chi connectivity index (χ1v) is 11.7. The molecular weight excluding hydrogens is 491 g/mol. The molecule has 0 amide bonds. The largest absolute Gasteiger partial charge is 0.468 e. The summed E-state index contributed by atoms with van der Waals surface area (Å²) in [5, 5.41) is 6.94. The van der Waals surface area contributed by atoms with Gasteiger partial charge in [0.2, 0.25) is 0 Å². The zero-order valence-electron chi connectivity index (χ0n) is 18.6. The highest BCUT2D eigenvalue weighted by Crippen LogP contribution is 2.24. The van der Waals surface area contributed by atoms with Crippen LogP contribution in [0.3, 0.4) is 0 Å².